The van der Waals surface area contributed by atoms with Gasteiger partial charge in [-0.25, -0.2) is 0 Å². The maximum Gasteiger partial charge on any atom is 0.0226 e. The lowest BCUT2D eigenvalue weighted by molar-refractivity contribution is 0.747. The lowest BCUT2D eigenvalue weighted by atomic mass is 10.2. The fourth-order valence-corrected chi connectivity index (χ4v) is 2.01. The van der Waals surface area contributed by atoms with Crippen LogP contribution in [0.5, 0.6) is 0 Å². The molecule has 0 amide bonds. The van der Waals surface area contributed by atoms with Crippen molar-refractivity contribution >= 4 is 0 Å². The van der Waals surface area contributed by atoms with Gasteiger partial charge < -0.3 is 4.57 Å². The maximum absolute atomic E-state index is 3.63. The molecule has 0 aliphatic carbocycles. The van der Waals surface area contributed by atoms with Crippen molar-refractivity contribution in [2.24, 2.45) is 0 Å². The molecule has 0 unspecified atom stereocenters. The topological polar surface area (TPSA) is 4.93 Å². The summed E-state index contributed by atoms with van der Waals surface area (Å²) in [6, 6.07) is 2.33. The zero-order valence-electron chi connectivity index (χ0n) is 9.02. The molecule has 1 aromatic rings. The van der Waals surface area contributed by atoms with Crippen molar-refractivity contribution in [2.75, 3.05) is 0 Å². The van der Waals surface area contributed by atoms with Gasteiger partial charge in [-0.05, 0) is 30.9 Å². The maximum atomic E-state index is 3.63. The Kier molecular flexibility index (Phi) is 3.23. The molecule has 2 heterocycles. The van der Waals surface area contributed by atoms with E-state index >= 15 is 0 Å². The lowest BCUT2D eigenvalue weighted by Crippen LogP contribution is -1.87. The standard InChI is InChI=1S/C14H17N/c1-2-3-4-5-6-8-13-11-14-9-7-10-15(14)12-13/h2-6,11-12H,1,7-10H2/b4-3-,6-5-. The van der Waals surface area contributed by atoms with E-state index in [9.17, 15) is 0 Å². The minimum atomic E-state index is 1.03. The van der Waals surface area contributed by atoms with E-state index in [4.69, 9.17) is 0 Å². The van der Waals surface area contributed by atoms with Crippen molar-refractivity contribution in [3.8, 4) is 0 Å². The molecule has 2 rings (SSSR count). The Hall–Kier alpha value is -1.50. The van der Waals surface area contributed by atoms with Gasteiger partial charge in [0, 0.05) is 18.4 Å². The molecule has 0 spiro atoms. The van der Waals surface area contributed by atoms with Gasteiger partial charge in [0.25, 0.3) is 0 Å². The molecule has 1 aliphatic rings. The molecule has 0 radical (unpaired) electrons. The van der Waals surface area contributed by atoms with E-state index < -0.39 is 0 Å². The lowest BCUT2D eigenvalue weighted by Gasteiger charge is -1.92. The first-order valence-electron chi connectivity index (χ1n) is 5.52. The second kappa shape index (κ2) is 4.83. The largest absolute Gasteiger partial charge is 0.351 e. The van der Waals surface area contributed by atoms with Gasteiger partial charge >= 0.3 is 0 Å². The van der Waals surface area contributed by atoms with Crippen LogP contribution in [0, 0.1) is 0 Å². The molecule has 0 saturated carbocycles. The first-order chi connectivity index (χ1) is 7.40. The average molecular weight is 199 g/mol. The molecule has 78 valence electrons. The van der Waals surface area contributed by atoms with Gasteiger partial charge in [-0.1, -0.05) is 37.0 Å². The Bertz CT molecular complexity index is 372. The van der Waals surface area contributed by atoms with Crippen LogP contribution in [0.3, 0.4) is 0 Å². The number of aromatic nitrogens is 1. The van der Waals surface area contributed by atoms with E-state index in [1.165, 1.54) is 30.6 Å². The summed E-state index contributed by atoms with van der Waals surface area (Å²) in [4.78, 5) is 0. The van der Waals surface area contributed by atoms with Crippen LogP contribution in [-0.2, 0) is 19.4 Å². The highest BCUT2D eigenvalue weighted by Gasteiger charge is 2.10. The number of allylic oxidation sites excluding steroid dienone is 5. The van der Waals surface area contributed by atoms with Crippen LogP contribution >= 0.6 is 0 Å². The van der Waals surface area contributed by atoms with Crippen LogP contribution in [0.1, 0.15) is 17.7 Å². The third kappa shape index (κ3) is 2.50. The van der Waals surface area contributed by atoms with E-state index in [-0.39, 0.29) is 0 Å². The summed E-state index contributed by atoms with van der Waals surface area (Å²) in [5.41, 5.74) is 2.92. The van der Waals surface area contributed by atoms with Crippen molar-refractivity contribution in [2.45, 2.75) is 25.8 Å². The first-order valence-corrected chi connectivity index (χ1v) is 5.52. The van der Waals surface area contributed by atoms with Crippen LogP contribution < -0.4 is 0 Å². The third-order valence-corrected chi connectivity index (χ3v) is 2.72. The Morgan fingerprint density at radius 1 is 1.33 bits per heavy atom. The zero-order chi connectivity index (χ0) is 10.5. The summed E-state index contributed by atoms with van der Waals surface area (Å²) >= 11 is 0. The molecule has 0 bridgehead atoms. The van der Waals surface area contributed by atoms with Crippen molar-refractivity contribution < 1.29 is 0 Å². The Morgan fingerprint density at radius 2 is 2.27 bits per heavy atom. The Morgan fingerprint density at radius 3 is 3.07 bits per heavy atom. The quantitative estimate of drug-likeness (QED) is 0.656. The molecule has 0 aromatic carbocycles. The monoisotopic (exact) mass is 199 g/mol. The van der Waals surface area contributed by atoms with E-state index in [0.717, 1.165) is 6.42 Å². The second-order valence-corrected chi connectivity index (χ2v) is 3.89. The molecule has 1 aromatic heterocycles. The summed E-state index contributed by atoms with van der Waals surface area (Å²) in [6.07, 6.45) is 15.9. The van der Waals surface area contributed by atoms with Gasteiger partial charge in [-0.2, -0.15) is 0 Å². The van der Waals surface area contributed by atoms with Gasteiger partial charge in [0.05, 0.1) is 0 Å². The number of nitrogens with zero attached hydrogens (tertiary/aromatic N) is 1. The number of aryl methyl sites for hydroxylation is 2. The molecule has 1 aliphatic heterocycles. The molecule has 0 saturated heterocycles. The van der Waals surface area contributed by atoms with E-state index in [0.29, 0.717) is 0 Å². The SMILES string of the molecule is C=C/C=C\C=C/Cc1cc2n(c1)CCC2. The smallest absolute Gasteiger partial charge is 0.0226 e. The van der Waals surface area contributed by atoms with Crippen LogP contribution in [0.25, 0.3) is 0 Å². The van der Waals surface area contributed by atoms with E-state index in [2.05, 4.69) is 35.6 Å². The number of fused-ring (bicyclic) bond motifs is 1. The Balaban J connectivity index is 1.91. The van der Waals surface area contributed by atoms with Gasteiger partial charge in [0.15, 0.2) is 0 Å². The summed E-state index contributed by atoms with van der Waals surface area (Å²) in [6.45, 7) is 4.83. The van der Waals surface area contributed by atoms with Crippen LogP contribution in [-0.4, -0.2) is 4.57 Å². The molecular formula is C14H17N. The number of hydrogen-bond donors (Lipinski definition) is 0. The van der Waals surface area contributed by atoms with Crippen LogP contribution in [0.15, 0.2) is 49.2 Å². The van der Waals surface area contributed by atoms with Gasteiger partial charge in [0.2, 0.25) is 0 Å². The molecule has 15 heavy (non-hydrogen) atoms. The van der Waals surface area contributed by atoms with Gasteiger partial charge in [0.1, 0.15) is 0 Å². The molecular weight excluding hydrogens is 182 g/mol. The highest BCUT2D eigenvalue weighted by atomic mass is 15.0. The van der Waals surface area contributed by atoms with Crippen molar-refractivity contribution in [3.05, 3.63) is 60.5 Å². The first kappa shape index (κ1) is 10.0. The minimum absolute atomic E-state index is 1.03. The number of rotatable bonds is 4. The molecule has 1 heteroatoms. The summed E-state index contributed by atoms with van der Waals surface area (Å²) in [7, 11) is 0. The Labute approximate surface area is 91.4 Å². The highest BCUT2D eigenvalue weighted by molar-refractivity contribution is 5.24. The number of hydrogen-bond acceptors (Lipinski definition) is 0. The van der Waals surface area contributed by atoms with E-state index in [1.807, 2.05) is 12.2 Å². The highest BCUT2D eigenvalue weighted by Crippen LogP contribution is 2.18. The summed E-state index contributed by atoms with van der Waals surface area (Å²) in [5, 5.41) is 0. The molecule has 0 fully saturated rings. The van der Waals surface area contributed by atoms with Crippen molar-refractivity contribution in [3.63, 3.8) is 0 Å². The average Bonchev–Trinajstić information content (AvgIpc) is 2.77. The van der Waals surface area contributed by atoms with Crippen molar-refractivity contribution in [1.29, 1.82) is 0 Å². The normalized spacial score (nSPS) is 15.2. The predicted molar refractivity (Wildman–Crippen MR) is 64.9 cm³/mol. The fourth-order valence-electron chi connectivity index (χ4n) is 2.01. The molecule has 1 nitrogen and oxygen atoms in total. The minimum Gasteiger partial charge on any atom is -0.351 e. The summed E-state index contributed by atoms with van der Waals surface area (Å²) < 4.78 is 2.38. The van der Waals surface area contributed by atoms with Crippen LogP contribution in [0.4, 0.5) is 0 Å². The second-order valence-electron chi connectivity index (χ2n) is 3.89. The molecule has 0 N–H and O–H groups in total. The van der Waals surface area contributed by atoms with Gasteiger partial charge in [-0.3, -0.25) is 0 Å². The third-order valence-electron chi connectivity index (χ3n) is 2.72. The summed E-state index contributed by atoms with van der Waals surface area (Å²) in [5.74, 6) is 0. The predicted octanol–water partition coefficient (Wildman–Crippen LogP) is 3.28. The van der Waals surface area contributed by atoms with Gasteiger partial charge in [-0.15, -0.1) is 0 Å². The van der Waals surface area contributed by atoms with E-state index in [1.54, 1.807) is 6.08 Å². The van der Waals surface area contributed by atoms with Crippen molar-refractivity contribution in [1.82, 2.24) is 4.57 Å². The molecule has 0 atom stereocenters. The van der Waals surface area contributed by atoms with Crippen LogP contribution in [0.2, 0.25) is 0 Å². The zero-order valence-corrected chi connectivity index (χ0v) is 9.02. The fraction of sp³-hybridized carbons (Fsp3) is 0.286.